The lowest BCUT2D eigenvalue weighted by molar-refractivity contribution is 0.102. The number of hydrogen-bond donors (Lipinski definition) is 1. The molecule has 1 amide bonds. The van der Waals surface area contributed by atoms with Crippen molar-refractivity contribution in [2.75, 3.05) is 5.32 Å². The lowest BCUT2D eigenvalue weighted by Crippen LogP contribution is -2.12. The number of benzene rings is 1. The van der Waals surface area contributed by atoms with Gasteiger partial charge in [-0.2, -0.15) is 4.52 Å². The van der Waals surface area contributed by atoms with Crippen LogP contribution in [0.5, 0.6) is 0 Å². The molecule has 0 aliphatic rings. The third-order valence-electron chi connectivity index (χ3n) is 2.51. The Kier molecular flexibility index (Phi) is 2.92. The van der Waals surface area contributed by atoms with E-state index in [9.17, 15) is 4.79 Å². The molecule has 2 aromatic heterocycles. The third kappa shape index (κ3) is 2.29. The zero-order valence-electron chi connectivity index (χ0n) is 9.79. The van der Waals surface area contributed by atoms with Crippen molar-refractivity contribution < 1.29 is 4.79 Å². The summed E-state index contributed by atoms with van der Waals surface area (Å²) in [5.74, 6) is -0.296. The predicted octanol–water partition coefficient (Wildman–Crippen LogP) is 2.40. The summed E-state index contributed by atoms with van der Waals surface area (Å²) >= 11 is 7.18. The van der Waals surface area contributed by atoms with E-state index < -0.39 is 0 Å². The monoisotopic (exact) mass is 293 g/mol. The van der Waals surface area contributed by atoms with Crippen LogP contribution >= 0.6 is 22.9 Å². The van der Waals surface area contributed by atoms with Gasteiger partial charge in [0.1, 0.15) is 6.33 Å². The van der Waals surface area contributed by atoms with Gasteiger partial charge in [-0.3, -0.25) is 4.79 Å². The minimum Gasteiger partial charge on any atom is -0.320 e. The number of rotatable bonds is 2. The second kappa shape index (κ2) is 4.60. The molecular weight excluding hydrogens is 286 g/mol. The van der Waals surface area contributed by atoms with E-state index in [0.717, 1.165) is 5.56 Å². The number of hydrogen-bond acceptors (Lipinski definition) is 5. The highest BCUT2D eigenvalue weighted by Gasteiger charge is 2.14. The van der Waals surface area contributed by atoms with E-state index >= 15 is 0 Å². The molecule has 8 heteroatoms. The molecule has 6 nitrogen and oxygen atoms in total. The summed E-state index contributed by atoms with van der Waals surface area (Å²) < 4.78 is 1.46. The molecule has 96 valence electrons. The molecule has 0 atom stereocenters. The molecule has 2 heterocycles. The van der Waals surface area contributed by atoms with Crippen LogP contribution in [0.4, 0.5) is 5.69 Å². The topological polar surface area (TPSA) is 72.2 Å². The van der Waals surface area contributed by atoms with Crippen LogP contribution in [0.3, 0.4) is 0 Å². The van der Waals surface area contributed by atoms with Gasteiger partial charge in [0.15, 0.2) is 0 Å². The van der Waals surface area contributed by atoms with E-state index in [1.54, 1.807) is 12.1 Å². The smallest absolute Gasteiger partial charge is 0.286 e. The number of carbonyl (C=O) groups excluding carboxylic acids is 1. The number of amides is 1. The number of aromatic nitrogens is 4. The van der Waals surface area contributed by atoms with Gasteiger partial charge in [0, 0.05) is 10.7 Å². The van der Waals surface area contributed by atoms with E-state index in [-0.39, 0.29) is 5.91 Å². The Morgan fingerprint density at radius 1 is 1.47 bits per heavy atom. The number of nitrogens with zero attached hydrogens (tertiary/aromatic N) is 4. The fourth-order valence-corrected chi connectivity index (χ4v) is 2.40. The van der Waals surface area contributed by atoms with Gasteiger partial charge in [0.2, 0.25) is 9.97 Å². The normalized spacial score (nSPS) is 10.8. The van der Waals surface area contributed by atoms with Crippen LogP contribution in [0.15, 0.2) is 24.5 Å². The average molecular weight is 294 g/mol. The molecule has 1 N–H and O–H groups in total. The Hall–Kier alpha value is -1.99. The van der Waals surface area contributed by atoms with Crippen molar-refractivity contribution >= 4 is 39.5 Å². The predicted molar refractivity (Wildman–Crippen MR) is 72.8 cm³/mol. The van der Waals surface area contributed by atoms with Crippen molar-refractivity contribution in [3.8, 4) is 0 Å². The summed E-state index contributed by atoms with van der Waals surface area (Å²) in [6.45, 7) is 1.90. The van der Waals surface area contributed by atoms with Gasteiger partial charge in [-0.25, -0.2) is 0 Å². The highest BCUT2D eigenvalue weighted by Crippen LogP contribution is 2.21. The minimum atomic E-state index is -0.296. The van der Waals surface area contributed by atoms with Crippen molar-refractivity contribution in [2.45, 2.75) is 6.92 Å². The summed E-state index contributed by atoms with van der Waals surface area (Å²) in [5.41, 5.74) is 1.59. The van der Waals surface area contributed by atoms with Crippen LogP contribution in [0.25, 0.3) is 4.96 Å². The lowest BCUT2D eigenvalue weighted by Gasteiger charge is -2.04. The van der Waals surface area contributed by atoms with Gasteiger partial charge < -0.3 is 5.32 Å². The zero-order valence-corrected chi connectivity index (χ0v) is 11.4. The second-order valence-corrected chi connectivity index (χ2v) is 5.25. The lowest BCUT2D eigenvalue weighted by atomic mass is 10.2. The molecule has 0 saturated heterocycles. The van der Waals surface area contributed by atoms with Crippen LogP contribution in [-0.2, 0) is 0 Å². The van der Waals surface area contributed by atoms with Crippen molar-refractivity contribution in [3.63, 3.8) is 0 Å². The van der Waals surface area contributed by atoms with Crippen LogP contribution in [0, 0.1) is 6.92 Å². The zero-order chi connectivity index (χ0) is 13.4. The molecule has 1 aromatic carbocycles. The third-order valence-corrected chi connectivity index (χ3v) is 3.83. The largest absolute Gasteiger partial charge is 0.320 e. The fourth-order valence-electron chi connectivity index (χ4n) is 1.51. The van der Waals surface area contributed by atoms with Crippen molar-refractivity contribution in [2.24, 2.45) is 0 Å². The van der Waals surface area contributed by atoms with Crippen molar-refractivity contribution in [1.82, 2.24) is 19.8 Å². The molecule has 0 bridgehead atoms. The van der Waals surface area contributed by atoms with Crippen molar-refractivity contribution in [1.29, 1.82) is 0 Å². The first kappa shape index (κ1) is 12.1. The Labute approximate surface area is 117 Å². The summed E-state index contributed by atoms with van der Waals surface area (Å²) in [7, 11) is 0. The van der Waals surface area contributed by atoms with Gasteiger partial charge in [-0.1, -0.05) is 29.0 Å². The van der Waals surface area contributed by atoms with E-state index in [0.29, 0.717) is 20.7 Å². The molecule has 0 aliphatic carbocycles. The van der Waals surface area contributed by atoms with E-state index in [4.69, 9.17) is 11.6 Å². The SMILES string of the molecule is Cc1ccc(NC(=O)c2nn3cnnc3s2)cc1Cl. The first-order valence-corrected chi connectivity index (χ1v) is 6.57. The van der Waals surface area contributed by atoms with E-state index in [2.05, 4.69) is 20.6 Å². The van der Waals surface area contributed by atoms with Crippen LogP contribution < -0.4 is 5.32 Å². The summed E-state index contributed by atoms with van der Waals surface area (Å²) in [6.07, 6.45) is 1.45. The number of fused-ring (bicyclic) bond motifs is 1. The molecule has 0 radical (unpaired) electrons. The first-order valence-electron chi connectivity index (χ1n) is 5.38. The quantitative estimate of drug-likeness (QED) is 0.787. The van der Waals surface area contributed by atoms with Crippen LogP contribution in [-0.4, -0.2) is 25.7 Å². The van der Waals surface area contributed by atoms with Gasteiger partial charge in [0.05, 0.1) is 0 Å². The molecule has 19 heavy (non-hydrogen) atoms. The molecule has 0 spiro atoms. The number of halogens is 1. The average Bonchev–Trinajstić information content (AvgIpc) is 2.94. The molecule has 3 rings (SSSR count). The van der Waals surface area contributed by atoms with Crippen LogP contribution in [0.2, 0.25) is 5.02 Å². The van der Waals surface area contributed by atoms with Gasteiger partial charge in [0.25, 0.3) is 5.91 Å². The van der Waals surface area contributed by atoms with Gasteiger partial charge >= 0.3 is 0 Å². The van der Waals surface area contributed by atoms with E-state index in [1.165, 1.54) is 22.2 Å². The Bertz CT molecular complexity index is 737. The number of nitrogens with one attached hydrogen (secondary N) is 1. The molecule has 0 unspecified atom stereocenters. The van der Waals surface area contributed by atoms with Crippen molar-refractivity contribution in [3.05, 3.63) is 40.1 Å². The standard InChI is InChI=1S/C11H8ClN5OS/c1-6-2-3-7(4-8(6)12)14-9(18)10-16-17-5-13-15-11(17)19-10/h2-5H,1H3,(H,14,18). The molecule has 0 fully saturated rings. The second-order valence-electron chi connectivity index (χ2n) is 3.88. The minimum absolute atomic E-state index is 0.296. The molecule has 0 aliphatic heterocycles. The maximum absolute atomic E-state index is 12.0. The fraction of sp³-hybridized carbons (Fsp3) is 0.0909. The highest BCUT2D eigenvalue weighted by atomic mass is 35.5. The molecule has 0 saturated carbocycles. The molecular formula is C11H8ClN5OS. The maximum Gasteiger partial charge on any atom is 0.286 e. The highest BCUT2D eigenvalue weighted by molar-refractivity contribution is 7.18. The van der Waals surface area contributed by atoms with Gasteiger partial charge in [-0.05, 0) is 24.6 Å². The summed E-state index contributed by atoms with van der Waals surface area (Å²) in [6, 6.07) is 5.34. The number of aryl methyl sites for hydroxylation is 1. The number of anilines is 1. The maximum atomic E-state index is 12.0. The summed E-state index contributed by atoms with van der Waals surface area (Å²) in [5, 5.41) is 15.2. The number of carbonyl (C=O) groups is 1. The Morgan fingerprint density at radius 2 is 2.32 bits per heavy atom. The van der Waals surface area contributed by atoms with E-state index in [1.807, 2.05) is 13.0 Å². The Morgan fingerprint density at radius 3 is 3.05 bits per heavy atom. The summed E-state index contributed by atoms with van der Waals surface area (Å²) in [4.78, 5) is 12.6. The van der Waals surface area contributed by atoms with Crippen LogP contribution in [0.1, 0.15) is 15.4 Å². The first-order chi connectivity index (χ1) is 9.13. The molecule has 3 aromatic rings. The van der Waals surface area contributed by atoms with Gasteiger partial charge in [-0.15, -0.1) is 15.3 Å². The Balaban J connectivity index is 1.84.